The van der Waals surface area contributed by atoms with Crippen molar-refractivity contribution in [2.45, 2.75) is 72.6 Å². The van der Waals surface area contributed by atoms with Crippen molar-refractivity contribution in [2.24, 2.45) is 5.41 Å². The predicted octanol–water partition coefficient (Wildman–Crippen LogP) is 6.84. The van der Waals surface area contributed by atoms with Crippen molar-refractivity contribution >= 4 is 14.7 Å². The standard InChI is InChI=1S/C24H34F3N2O3Si/c1-9-19(22(23(3,4)5)32-33(7)8)29-16-12-15(2)21(28-14-16)18-11-10-17(13-20(18)30-6)31-24(25,26)27/h10-14,19,22,29H,9H2,1-8H3/t19-,22?/m0/s1. The number of aryl methyl sites for hydroxylation is 1. The first kappa shape index (κ1) is 27.0. The average Bonchev–Trinajstić information content (AvgIpc) is 2.68. The van der Waals surface area contributed by atoms with Gasteiger partial charge in [-0.3, -0.25) is 4.98 Å². The Morgan fingerprint density at radius 1 is 1.12 bits per heavy atom. The number of hydrogen-bond donors (Lipinski definition) is 1. The van der Waals surface area contributed by atoms with E-state index in [0.717, 1.165) is 17.7 Å². The summed E-state index contributed by atoms with van der Waals surface area (Å²) in [5.41, 5.74) is 2.90. The van der Waals surface area contributed by atoms with Crippen LogP contribution in [0.25, 0.3) is 11.3 Å². The van der Waals surface area contributed by atoms with Gasteiger partial charge in [-0.15, -0.1) is 13.2 Å². The highest BCUT2D eigenvalue weighted by Crippen LogP contribution is 2.36. The van der Waals surface area contributed by atoms with Crippen molar-refractivity contribution in [1.29, 1.82) is 0 Å². The van der Waals surface area contributed by atoms with E-state index in [-0.39, 0.29) is 29.1 Å². The molecule has 0 fully saturated rings. The van der Waals surface area contributed by atoms with Gasteiger partial charge in [-0.1, -0.05) is 27.7 Å². The van der Waals surface area contributed by atoms with Gasteiger partial charge in [0.15, 0.2) is 0 Å². The minimum atomic E-state index is -4.77. The summed E-state index contributed by atoms with van der Waals surface area (Å²) in [6.07, 6.45) is -2.12. The van der Waals surface area contributed by atoms with Crippen LogP contribution in [0.4, 0.5) is 18.9 Å². The number of ether oxygens (including phenoxy) is 2. The number of rotatable bonds is 9. The van der Waals surface area contributed by atoms with Gasteiger partial charge in [-0.2, -0.15) is 0 Å². The van der Waals surface area contributed by atoms with Crippen molar-refractivity contribution in [3.05, 3.63) is 36.0 Å². The molecule has 0 amide bonds. The Hall–Kier alpha value is -2.26. The molecule has 1 unspecified atom stereocenters. The van der Waals surface area contributed by atoms with E-state index in [1.807, 2.05) is 13.0 Å². The molecule has 1 heterocycles. The van der Waals surface area contributed by atoms with E-state index in [9.17, 15) is 13.2 Å². The molecule has 0 aliphatic carbocycles. The second kappa shape index (κ2) is 10.8. The van der Waals surface area contributed by atoms with Crippen molar-refractivity contribution in [3.8, 4) is 22.8 Å². The molecule has 1 aromatic carbocycles. The third kappa shape index (κ3) is 7.64. The molecule has 9 heteroatoms. The zero-order valence-electron chi connectivity index (χ0n) is 20.6. The van der Waals surface area contributed by atoms with E-state index >= 15 is 0 Å². The molecule has 0 aliphatic heterocycles. The number of hydrogen-bond acceptors (Lipinski definition) is 5. The molecule has 2 aromatic rings. The quantitative estimate of drug-likeness (QED) is 0.396. The average molecular weight is 484 g/mol. The third-order valence-electron chi connectivity index (χ3n) is 5.11. The second-order valence-electron chi connectivity index (χ2n) is 9.27. The van der Waals surface area contributed by atoms with Crippen LogP contribution in [0.5, 0.6) is 11.5 Å². The van der Waals surface area contributed by atoms with E-state index in [1.54, 1.807) is 6.20 Å². The van der Waals surface area contributed by atoms with Gasteiger partial charge in [0.2, 0.25) is 9.04 Å². The largest absolute Gasteiger partial charge is 0.573 e. The van der Waals surface area contributed by atoms with Crippen LogP contribution in [-0.2, 0) is 4.43 Å². The summed E-state index contributed by atoms with van der Waals surface area (Å²) >= 11 is 0. The Bertz CT molecular complexity index is 930. The van der Waals surface area contributed by atoms with Crippen LogP contribution in [0.3, 0.4) is 0 Å². The molecule has 0 bridgehead atoms. The zero-order valence-corrected chi connectivity index (χ0v) is 21.6. The van der Waals surface area contributed by atoms with Gasteiger partial charge in [-0.05, 0) is 55.6 Å². The maximum Gasteiger partial charge on any atom is 0.573 e. The van der Waals surface area contributed by atoms with Crippen LogP contribution in [0.1, 0.15) is 39.7 Å². The Morgan fingerprint density at radius 2 is 1.79 bits per heavy atom. The summed E-state index contributed by atoms with van der Waals surface area (Å²) < 4.78 is 53.3. The molecule has 1 N–H and O–H groups in total. The van der Waals surface area contributed by atoms with Crippen LogP contribution >= 0.6 is 0 Å². The number of pyridine rings is 1. The fraction of sp³-hybridized carbons (Fsp3) is 0.542. The lowest BCUT2D eigenvalue weighted by Gasteiger charge is -2.38. The lowest BCUT2D eigenvalue weighted by molar-refractivity contribution is -0.274. The summed E-state index contributed by atoms with van der Waals surface area (Å²) in [6, 6.07) is 6.07. The van der Waals surface area contributed by atoms with Crippen molar-refractivity contribution in [2.75, 3.05) is 12.4 Å². The maximum absolute atomic E-state index is 12.6. The number of nitrogens with one attached hydrogen (secondary N) is 1. The Labute approximate surface area is 196 Å². The number of benzene rings is 1. The molecule has 183 valence electrons. The molecular weight excluding hydrogens is 449 g/mol. The van der Waals surface area contributed by atoms with E-state index < -0.39 is 15.4 Å². The first-order valence-corrected chi connectivity index (χ1v) is 13.3. The Balaban J connectivity index is 2.32. The normalized spacial score (nSPS) is 14.2. The lowest BCUT2D eigenvalue weighted by Crippen LogP contribution is -2.46. The van der Waals surface area contributed by atoms with Crippen LogP contribution in [-0.4, -0.2) is 39.6 Å². The summed E-state index contributed by atoms with van der Waals surface area (Å²) in [4.78, 5) is 4.59. The molecular formula is C24H34F3N2O3Si. The molecule has 5 nitrogen and oxygen atoms in total. The van der Waals surface area contributed by atoms with Gasteiger partial charge in [0, 0.05) is 11.6 Å². The van der Waals surface area contributed by atoms with Crippen molar-refractivity contribution in [1.82, 2.24) is 4.98 Å². The molecule has 2 rings (SSSR count). The zero-order chi connectivity index (χ0) is 25.0. The molecule has 0 saturated carbocycles. The van der Waals surface area contributed by atoms with E-state index in [0.29, 0.717) is 11.3 Å². The second-order valence-corrected chi connectivity index (χ2v) is 11.3. The first-order chi connectivity index (χ1) is 15.2. The highest BCUT2D eigenvalue weighted by Gasteiger charge is 2.33. The fourth-order valence-corrected chi connectivity index (χ4v) is 4.75. The lowest BCUT2D eigenvalue weighted by atomic mass is 9.83. The Morgan fingerprint density at radius 3 is 2.27 bits per heavy atom. The van der Waals surface area contributed by atoms with Gasteiger partial charge < -0.3 is 19.2 Å². The number of alkyl halides is 3. The van der Waals surface area contributed by atoms with Crippen molar-refractivity contribution in [3.63, 3.8) is 0 Å². The van der Waals surface area contributed by atoms with Crippen LogP contribution < -0.4 is 14.8 Å². The van der Waals surface area contributed by atoms with E-state index in [2.05, 4.69) is 55.8 Å². The topological polar surface area (TPSA) is 52.6 Å². The minimum absolute atomic E-state index is 0.0349. The van der Waals surface area contributed by atoms with Gasteiger partial charge in [0.1, 0.15) is 11.5 Å². The monoisotopic (exact) mass is 483 g/mol. The number of methoxy groups -OCH3 is 1. The Kier molecular flexibility index (Phi) is 8.81. The molecule has 1 aromatic heterocycles. The van der Waals surface area contributed by atoms with Crippen LogP contribution in [0.2, 0.25) is 13.1 Å². The summed E-state index contributed by atoms with van der Waals surface area (Å²) in [5, 5.41) is 3.58. The van der Waals surface area contributed by atoms with Crippen LogP contribution in [0.15, 0.2) is 30.5 Å². The van der Waals surface area contributed by atoms with E-state index in [1.165, 1.54) is 25.3 Å². The summed E-state index contributed by atoms with van der Waals surface area (Å²) in [5.74, 6) is -0.0907. The highest BCUT2D eigenvalue weighted by atomic mass is 28.3. The van der Waals surface area contributed by atoms with Gasteiger partial charge in [-0.25, -0.2) is 0 Å². The minimum Gasteiger partial charge on any atom is -0.496 e. The molecule has 0 spiro atoms. The number of aromatic nitrogens is 1. The number of nitrogens with zero attached hydrogens (tertiary/aromatic N) is 1. The van der Waals surface area contributed by atoms with Gasteiger partial charge in [0.25, 0.3) is 0 Å². The van der Waals surface area contributed by atoms with Crippen LogP contribution in [0, 0.1) is 12.3 Å². The first-order valence-electron chi connectivity index (χ1n) is 10.9. The summed E-state index contributed by atoms with van der Waals surface area (Å²) in [6.45, 7) is 14.8. The van der Waals surface area contributed by atoms with Crippen molar-refractivity contribution < 1.29 is 27.1 Å². The number of anilines is 1. The molecule has 0 aliphatic rings. The molecule has 33 heavy (non-hydrogen) atoms. The fourth-order valence-electron chi connectivity index (χ4n) is 3.72. The predicted molar refractivity (Wildman–Crippen MR) is 127 cm³/mol. The molecule has 1 radical (unpaired) electrons. The summed E-state index contributed by atoms with van der Waals surface area (Å²) in [7, 11) is 0.515. The van der Waals surface area contributed by atoms with Gasteiger partial charge in [0.05, 0.1) is 36.8 Å². The van der Waals surface area contributed by atoms with Gasteiger partial charge >= 0.3 is 6.36 Å². The van der Waals surface area contributed by atoms with E-state index in [4.69, 9.17) is 9.16 Å². The SMILES string of the molecule is CC[C@H](Nc1cnc(-c2ccc(OC(F)(F)F)cc2OC)c(C)c1)C(O[Si](C)C)C(C)(C)C. The third-order valence-corrected chi connectivity index (χ3v) is 5.84. The molecule has 0 saturated heterocycles. The maximum atomic E-state index is 12.6. The molecule has 2 atom stereocenters. The smallest absolute Gasteiger partial charge is 0.496 e. The number of halogens is 3. The highest BCUT2D eigenvalue weighted by molar-refractivity contribution is 6.48.